The van der Waals surface area contributed by atoms with Crippen molar-refractivity contribution in [2.45, 2.75) is 0 Å². The maximum atomic E-state index is 10.6. The summed E-state index contributed by atoms with van der Waals surface area (Å²) in [6, 6.07) is 12.9. The molecule has 0 spiro atoms. The first-order valence-corrected chi connectivity index (χ1v) is 4.82. The van der Waals surface area contributed by atoms with Crippen LogP contribution >= 0.6 is 0 Å². The molecule has 4 heteroatoms. The van der Waals surface area contributed by atoms with E-state index < -0.39 is 4.92 Å². The molecular formula is C12H7NO3. The molecule has 16 heavy (non-hydrogen) atoms. The molecule has 0 atom stereocenters. The van der Waals surface area contributed by atoms with Crippen molar-refractivity contribution in [1.82, 2.24) is 0 Å². The zero-order valence-corrected chi connectivity index (χ0v) is 8.21. The smallest absolute Gasteiger partial charge is 0.315 e. The fourth-order valence-corrected chi connectivity index (χ4v) is 1.72. The number of fused-ring (bicyclic) bond motifs is 1. The van der Waals surface area contributed by atoms with Crippen molar-refractivity contribution in [3.05, 3.63) is 52.6 Å². The minimum atomic E-state index is -0.430. The first-order chi connectivity index (χ1) is 7.77. The van der Waals surface area contributed by atoms with Gasteiger partial charge in [-0.2, -0.15) is 0 Å². The summed E-state index contributed by atoms with van der Waals surface area (Å²) >= 11 is 0. The summed E-state index contributed by atoms with van der Waals surface area (Å²) in [5.74, 6) is 1.02. The first-order valence-electron chi connectivity index (χ1n) is 4.82. The third kappa shape index (κ3) is 1.24. The van der Waals surface area contributed by atoms with Crippen LogP contribution in [-0.2, 0) is 0 Å². The Labute approximate surface area is 91.2 Å². The summed E-state index contributed by atoms with van der Waals surface area (Å²) in [6.07, 6.45) is 0. The lowest BCUT2D eigenvalue weighted by Gasteiger charge is -1.96. The molecule has 1 aliphatic heterocycles. The van der Waals surface area contributed by atoms with Crippen LogP contribution in [0.25, 0.3) is 11.1 Å². The average Bonchev–Trinajstić information content (AvgIpc) is 3.08. The van der Waals surface area contributed by atoms with E-state index in [1.54, 1.807) is 6.07 Å². The fraction of sp³-hybridized carbons (Fsp3) is 0. The second kappa shape index (κ2) is 3.06. The highest BCUT2D eigenvalue weighted by atomic mass is 16.6. The molecule has 0 unspecified atom stereocenters. The van der Waals surface area contributed by atoms with Crippen LogP contribution in [0.4, 0.5) is 5.69 Å². The van der Waals surface area contributed by atoms with Crippen LogP contribution in [-0.4, -0.2) is 4.92 Å². The maximum Gasteiger partial charge on any atom is 0.315 e. The van der Waals surface area contributed by atoms with Crippen molar-refractivity contribution in [3.63, 3.8) is 0 Å². The summed E-state index contributed by atoms with van der Waals surface area (Å²) in [5.41, 5.74) is 1.95. The fourth-order valence-electron chi connectivity index (χ4n) is 1.72. The standard InChI is InChI=1S/C12H7NO3/c14-13(15)10-7-6-9(11-12(10)16-11)8-4-2-1-3-5-8/h1-7H. The highest BCUT2D eigenvalue weighted by molar-refractivity contribution is 5.84. The van der Waals surface area contributed by atoms with E-state index in [4.69, 9.17) is 4.74 Å². The van der Waals surface area contributed by atoms with Crippen LogP contribution in [0.3, 0.4) is 0 Å². The summed E-state index contributed by atoms with van der Waals surface area (Å²) < 4.78 is 5.17. The zero-order valence-electron chi connectivity index (χ0n) is 8.21. The molecule has 0 saturated carbocycles. The van der Waals surface area contributed by atoms with Gasteiger partial charge in [0.2, 0.25) is 5.75 Å². The van der Waals surface area contributed by atoms with Crippen molar-refractivity contribution in [3.8, 4) is 22.6 Å². The highest BCUT2D eigenvalue weighted by Crippen LogP contribution is 2.57. The lowest BCUT2D eigenvalue weighted by molar-refractivity contribution is -0.384. The molecule has 4 nitrogen and oxygen atoms in total. The molecule has 2 aromatic carbocycles. The van der Waals surface area contributed by atoms with Gasteiger partial charge in [0.1, 0.15) is 0 Å². The second-order valence-corrected chi connectivity index (χ2v) is 3.52. The minimum Gasteiger partial charge on any atom is -0.441 e. The largest absolute Gasteiger partial charge is 0.441 e. The number of nitro benzene ring substituents is 1. The SMILES string of the molecule is O=[N+]([O-])c1ccc(-c2ccccc2)c2c1O2. The molecular weight excluding hydrogens is 206 g/mol. The third-order valence-corrected chi connectivity index (χ3v) is 2.54. The Hall–Kier alpha value is -2.36. The molecule has 0 N–H and O–H groups in total. The van der Waals surface area contributed by atoms with E-state index in [1.807, 2.05) is 30.3 Å². The van der Waals surface area contributed by atoms with Crippen LogP contribution in [0, 0.1) is 10.1 Å². The van der Waals surface area contributed by atoms with Gasteiger partial charge in [-0.1, -0.05) is 30.3 Å². The average molecular weight is 213 g/mol. The number of rotatable bonds is 2. The molecule has 0 aliphatic carbocycles. The summed E-state index contributed by atoms with van der Waals surface area (Å²) in [7, 11) is 0. The topological polar surface area (TPSA) is 55.7 Å². The van der Waals surface area contributed by atoms with E-state index in [0.717, 1.165) is 11.1 Å². The van der Waals surface area contributed by atoms with Gasteiger partial charge in [0.05, 0.1) is 4.92 Å². The number of hydrogen-bond donors (Lipinski definition) is 0. The molecule has 0 aromatic heterocycles. The van der Waals surface area contributed by atoms with Crippen molar-refractivity contribution < 1.29 is 9.66 Å². The van der Waals surface area contributed by atoms with Crippen molar-refractivity contribution in [2.24, 2.45) is 0 Å². The Balaban J connectivity index is 2.11. The first kappa shape index (κ1) is 8.91. The predicted octanol–water partition coefficient (Wildman–Crippen LogP) is 3.37. The van der Waals surface area contributed by atoms with E-state index in [0.29, 0.717) is 11.5 Å². The Morgan fingerprint density at radius 1 is 1.00 bits per heavy atom. The van der Waals surface area contributed by atoms with Gasteiger partial charge in [-0.3, -0.25) is 10.1 Å². The number of nitro groups is 1. The number of ether oxygens (including phenoxy) is 1. The number of hydrogen-bond acceptors (Lipinski definition) is 3. The Bertz CT molecular complexity index is 578. The van der Waals surface area contributed by atoms with Crippen molar-refractivity contribution in [1.29, 1.82) is 0 Å². The summed E-state index contributed by atoms with van der Waals surface area (Å²) in [6.45, 7) is 0. The van der Waals surface area contributed by atoms with Gasteiger partial charge in [-0.05, 0) is 11.6 Å². The van der Waals surface area contributed by atoms with Crippen molar-refractivity contribution in [2.75, 3.05) is 0 Å². The summed E-state index contributed by atoms with van der Waals surface area (Å²) in [5, 5.41) is 10.6. The highest BCUT2D eigenvalue weighted by Gasteiger charge is 2.35. The molecule has 0 amide bonds. The van der Waals surface area contributed by atoms with E-state index in [-0.39, 0.29) is 5.69 Å². The van der Waals surface area contributed by atoms with Gasteiger partial charge in [0.25, 0.3) is 0 Å². The normalized spacial score (nSPS) is 11.5. The molecule has 0 bridgehead atoms. The van der Waals surface area contributed by atoms with E-state index in [9.17, 15) is 10.1 Å². The summed E-state index contributed by atoms with van der Waals surface area (Å²) in [4.78, 5) is 10.2. The van der Waals surface area contributed by atoms with Crippen LogP contribution < -0.4 is 4.74 Å². The van der Waals surface area contributed by atoms with E-state index in [1.165, 1.54) is 6.07 Å². The molecule has 1 heterocycles. The molecule has 2 aromatic rings. The van der Waals surface area contributed by atoms with E-state index in [2.05, 4.69) is 0 Å². The van der Waals surface area contributed by atoms with Gasteiger partial charge in [-0.15, -0.1) is 0 Å². The Morgan fingerprint density at radius 2 is 1.75 bits per heavy atom. The van der Waals surface area contributed by atoms with Crippen LogP contribution in [0.1, 0.15) is 0 Å². The molecule has 0 saturated heterocycles. The van der Waals surface area contributed by atoms with Gasteiger partial charge in [-0.25, -0.2) is 0 Å². The van der Waals surface area contributed by atoms with E-state index >= 15 is 0 Å². The molecule has 0 radical (unpaired) electrons. The molecule has 1 aliphatic rings. The predicted molar refractivity (Wildman–Crippen MR) is 58.6 cm³/mol. The molecule has 3 rings (SSSR count). The van der Waals surface area contributed by atoms with Crippen LogP contribution in [0.15, 0.2) is 42.5 Å². The number of nitrogens with zero attached hydrogens (tertiary/aromatic N) is 1. The lowest BCUT2D eigenvalue weighted by atomic mass is 10.1. The molecule has 0 fully saturated rings. The van der Waals surface area contributed by atoms with Crippen LogP contribution in [0.2, 0.25) is 0 Å². The Morgan fingerprint density at radius 3 is 2.44 bits per heavy atom. The number of benzene rings is 2. The maximum absolute atomic E-state index is 10.6. The second-order valence-electron chi connectivity index (χ2n) is 3.52. The quantitative estimate of drug-likeness (QED) is 0.372. The van der Waals surface area contributed by atoms with Crippen molar-refractivity contribution >= 4 is 5.69 Å². The van der Waals surface area contributed by atoms with Gasteiger partial charge < -0.3 is 4.74 Å². The van der Waals surface area contributed by atoms with Gasteiger partial charge in [0, 0.05) is 11.6 Å². The monoisotopic (exact) mass is 213 g/mol. The minimum absolute atomic E-state index is 0.0367. The van der Waals surface area contributed by atoms with Gasteiger partial charge >= 0.3 is 5.69 Å². The Kier molecular flexibility index (Phi) is 1.71. The molecule has 78 valence electrons. The zero-order chi connectivity index (χ0) is 11.1. The lowest BCUT2D eigenvalue weighted by Crippen LogP contribution is -1.84. The van der Waals surface area contributed by atoms with Gasteiger partial charge in [0.15, 0.2) is 5.75 Å². The third-order valence-electron chi connectivity index (χ3n) is 2.54. The van der Waals surface area contributed by atoms with Crippen LogP contribution in [0.5, 0.6) is 11.5 Å².